The zero-order chi connectivity index (χ0) is 32.8. The lowest BCUT2D eigenvalue weighted by atomic mass is 9.81. The van der Waals surface area contributed by atoms with E-state index in [9.17, 15) is 14.4 Å². The van der Waals surface area contributed by atoms with Gasteiger partial charge in [0.15, 0.2) is 5.17 Å². The van der Waals surface area contributed by atoms with Crippen LogP contribution in [0.4, 0.5) is 0 Å². The molecule has 0 N–H and O–H groups in total. The van der Waals surface area contributed by atoms with Crippen LogP contribution in [0.15, 0.2) is 64.1 Å². The van der Waals surface area contributed by atoms with E-state index in [4.69, 9.17) is 28.2 Å². The SMILES string of the molecule is CC(=O)N(C)C[C@H](C)N(C)C(=O)[C@@H]1CCCN1C(=O)C1=C(C(C)C)N2C(=N[C@@](C)(c3ccc(Cl)cc3)[C@H]2c2ccc(Cl)cc2)S1. The number of amidine groups is 1. The summed E-state index contributed by atoms with van der Waals surface area (Å²) in [5.74, 6) is -0.291. The molecule has 0 spiro atoms. The number of hydrogen-bond acceptors (Lipinski definition) is 6. The quantitative estimate of drug-likeness (QED) is 0.319. The molecule has 0 unspecified atom stereocenters. The second-order valence-electron chi connectivity index (χ2n) is 12.7. The summed E-state index contributed by atoms with van der Waals surface area (Å²) in [6, 6.07) is 14.6. The number of carbonyl (C=O) groups excluding carboxylic acids is 3. The van der Waals surface area contributed by atoms with Gasteiger partial charge in [-0.15, -0.1) is 0 Å². The van der Waals surface area contributed by atoms with E-state index in [1.807, 2.05) is 55.5 Å². The molecule has 5 rings (SSSR count). The summed E-state index contributed by atoms with van der Waals surface area (Å²) in [7, 11) is 3.48. The summed E-state index contributed by atoms with van der Waals surface area (Å²) in [6.07, 6.45) is 1.35. The molecule has 3 aliphatic heterocycles. The maximum Gasteiger partial charge on any atom is 0.263 e. The average Bonchev–Trinajstić information content (AvgIpc) is 3.69. The number of fused-ring (bicyclic) bond motifs is 1. The molecule has 240 valence electrons. The monoisotopic (exact) mass is 669 g/mol. The van der Waals surface area contributed by atoms with Crippen molar-refractivity contribution in [2.45, 2.75) is 71.1 Å². The van der Waals surface area contributed by atoms with Gasteiger partial charge in [0.05, 0.1) is 6.04 Å². The third kappa shape index (κ3) is 6.23. The number of likely N-dealkylation sites (tertiary alicyclic amines) is 1. The molecule has 0 aromatic heterocycles. The number of allylic oxidation sites excluding steroid dienone is 1. The zero-order valence-electron chi connectivity index (χ0n) is 26.9. The van der Waals surface area contributed by atoms with E-state index < -0.39 is 11.6 Å². The topological polar surface area (TPSA) is 76.5 Å². The number of likely N-dealkylation sites (N-methyl/N-ethyl adjacent to an activating group) is 2. The fourth-order valence-electron chi connectivity index (χ4n) is 6.56. The van der Waals surface area contributed by atoms with Crippen molar-refractivity contribution in [3.05, 3.63) is 80.3 Å². The van der Waals surface area contributed by atoms with Crippen molar-refractivity contribution in [2.24, 2.45) is 10.9 Å². The Morgan fingerprint density at radius 1 is 1.02 bits per heavy atom. The average molecular weight is 671 g/mol. The molecule has 2 aromatic rings. The van der Waals surface area contributed by atoms with Gasteiger partial charge in [0, 0.05) is 55.9 Å². The number of carbonyl (C=O) groups is 3. The number of amides is 3. The lowest BCUT2D eigenvalue weighted by Crippen LogP contribution is -2.51. The first kappa shape index (κ1) is 33.4. The Balaban J connectivity index is 1.49. The first-order valence-electron chi connectivity index (χ1n) is 15.4. The third-order valence-corrected chi connectivity index (χ3v) is 10.8. The van der Waals surface area contributed by atoms with Gasteiger partial charge in [0.25, 0.3) is 5.91 Å². The van der Waals surface area contributed by atoms with Crippen LogP contribution in [0.3, 0.4) is 0 Å². The van der Waals surface area contributed by atoms with Gasteiger partial charge in [-0.25, -0.2) is 4.99 Å². The highest BCUT2D eigenvalue weighted by molar-refractivity contribution is 8.18. The molecule has 0 saturated carbocycles. The number of thioether (sulfide) groups is 1. The molecule has 3 heterocycles. The van der Waals surface area contributed by atoms with Crippen LogP contribution >= 0.6 is 35.0 Å². The van der Waals surface area contributed by atoms with E-state index in [-0.39, 0.29) is 35.7 Å². The predicted molar refractivity (Wildman–Crippen MR) is 182 cm³/mol. The van der Waals surface area contributed by atoms with Crippen LogP contribution in [0, 0.1) is 5.92 Å². The fourth-order valence-corrected chi connectivity index (χ4v) is 8.18. The van der Waals surface area contributed by atoms with Crippen molar-refractivity contribution >= 4 is 57.9 Å². The van der Waals surface area contributed by atoms with E-state index in [1.165, 1.54) is 18.7 Å². The summed E-state index contributed by atoms with van der Waals surface area (Å²) >= 11 is 14.0. The van der Waals surface area contributed by atoms with Crippen molar-refractivity contribution in [2.75, 3.05) is 27.2 Å². The lowest BCUT2D eigenvalue weighted by molar-refractivity contribution is -0.143. The predicted octanol–water partition coefficient (Wildman–Crippen LogP) is 6.55. The van der Waals surface area contributed by atoms with E-state index >= 15 is 0 Å². The maximum absolute atomic E-state index is 14.4. The molecule has 0 radical (unpaired) electrons. The molecule has 1 fully saturated rings. The molecule has 3 aliphatic rings. The number of benzene rings is 2. The van der Waals surface area contributed by atoms with Crippen LogP contribution in [-0.2, 0) is 19.9 Å². The van der Waals surface area contributed by atoms with E-state index in [0.717, 1.165) is 28.4 Å². The number of rotatable bonds is 8. The molecule has 3 amide bonds. The molecule has 11 heteroatoms. The van der Waals surface area contributed by atoms with Gasteiger partial charge >= 0.3 is 0 Å². The summed E-state index contributed by atoms with van der Waals surface area (Å²) in [5, 5.41) is 2.07. The normalized spacial score (nSPS) is 23.4. The highest BCUT2D eigenvalue weighted by Crippen LogP contribution is 2.56. The first-order chi connectivity index (χ1) is 21.2. The van der Waals surface area contributed by atoms with Crippen molar-refractivity contribution in [3.8, 4) is 0 Å². The van der Waals surface area contributed by atoms with Gasteiger partial charge in [0.1, 0.15) is 16.5 Å². The van der Waals surface area contributed by atoms with Gasteiger partial charge in [-0.2, -0.15) is 0 Å². The van der Waals surface area contributed by atoms with Gasteiger partial charge in [-0.05, 0) is 79.8 Å². The minimum Gasteiger partial charge on any atom is -0.344 e. The van der Waals surface area contributed by atoms with Gasteiger partial charge < -0.3 is 19.6 Å². The number of hydrogen-bond donors (Lipinski definition) is 0. The Morgan fingerprint density at radius 2 is 1.62 bits per heavy atom. The Morgan fingerprint density at radius 3 is 2.20 bits per heavy atom. The van der Waals surface area contributed by atoms with E-state index in [2.05, 4.69) is 25.7 Å². The van der Waals surface area contributed by atoms with Crippen molar-refractivity contribution in [1.82, 2.24) is 19.6 Å². The van der Waals surface area contributed by atoms with E-state index in [1.54, 1.807) is 28.8 Å². The number of halogens is 2. The van der Waals surface area contributed by atoms with Crippen molar-refractivity contribution in [3.63, 3.8) is 0 Å². The maximum atomic E-state index is 14.4. The van der Waals surface area contributed by atoms with Crippen LogP contribution in [0.5, 0.6) is 0 Å². The molecule has 2 aromatic carbocycles. The highest BCUT2D eigenvalue weighted by atomic mass is 35.5. The fraction of sp³-hybridized carbons (Fsp3) is 0.471. The summed E-state index contributed by atoms with van der Waals surface area (Å²) in [6.45, 7) is 10.7. The molecule has 0 aliphatic carbocycles. The summed E-state index contributed by atoms with van der Waals surface area (Å²) in [4.78, 5) is 53.1. The number of nitrogens with zero attached hydrogens (tertiary/aromatic N) is 5. The third-order valence-electron chi connectivity index (χ3n) is 9.25. The van der Waals surface area contributed by atoms with Crippen LogP contribution in [-0.4, -0.2) is 81.8 Å². The van der Waals surface area contributed by atoms with Gasteiger partial charge in [0.2, 0.25) is 11.8 Å². The zero-order valence-corrected chi connectivity index (χ0v) is 29.2. The molecular weight excluding hydrogens is 629 g/mol. The van der Waals surface area contributed by atoms with Gasteiger partial charge in [-0.3, -0.25) is 14.4 Å². The van der Waals surface area contributed by atoms with Crippen LogP contribution in [0.1, 0.15) is 64.6 Å². The van der Waals surface area contributed by atoms with E-state index in [0.29, 0.717) is 34.5 Å². The molecule has 8 nitrogen and oxygen atoms in total. The number of aliphatic imine (C=N–C) groups is 1. The minimum atomic E-state index is -0.659. The second kappa shape index (κ2) is 13.0. The van der Waals surface area contributed by atoms with Crippen LogP contribution < -0.4 is 0 Å². The minimum absolute atomic E-state index is 0.00749. The summed E-state index contributed by atoms with van der Waals surface area (Å²) in [5.41, 5.74) is 2.30. The second-order valence-corrected chi connectivity index (χ2v) is 14.5. The Labute approximate surface area is 280 Å². The molecule has 45 heavy (non-hydrogen) atoms. The molecule has 1 saturated heterocycles. The smallest absolute Gasteiger partial charge is 0.263 e. The standard InChI is InChI=1S/C34H41Cl2N5O3S/c1-20(2)28-29(32(44)40-18-8-9-27(40)31(43)39(7)21(3)19-38(6)22(4)42)45-33-37-34(5,24-12-16-26(36)17-13-24)30(41(28)33)23-10-14-25(35)15-11-23/h10-17,20-21,27,30H,8-9,18-19H2,1-7H3/t21-,27-,30+,34-/m0/s1. The van der Waals surface area contributed by atoms with Crippen molar-refractivity contribution in [1.29, 1.82) is 0 Å². The first-order valence-corrected chi connectivity index (χ1v) is 16.9. The van der Waals surface area contributed by atoms with Crippen LogP contribution in [0.25, 0.3) is 0 Å². The summed E-state index contributed by atoms with van der Waals surface area (Å²) < 4.78 is 0. The van der Waals surface area contributed by atoms with Gasteiger partial charge in [-0.1, -0.05) is 61.3 Å². The largest absolute Gasteiger partial charge is 0.344 e. The Hall–Kier alpha value is -3.01. The van der Waals surface area contributed by atoms with Crippen molar-refractivity contribution < 1.29 is 14.4 Å². The van der Waals surface area contributed by atoms with Crippen LogP contribution in [0.2, 0.25) is 10.0 Å². The highest BCUT2D eigenvalue weighted by Gasteiger charge is 2.54. The Bertz CT molecular complexity index is 1540. The molecular formula is C34H41Cl2N5O3S. The molecule has 4 atom stereocenters. The Kier molecular flexibility index (Phi) is 9.64. The lowest BCUT2D eigenvalue weighted by Gasteiger charge is -2.37. The molecule has 0 bridgehead atoms.